The molecule has 0 amide bonds. The second kappa shape index (κ2) is 9.04. The van der Waals surface area contributed by atoms with E-state index in [0.29, 0.717) is 5.57 Å². The molecule has 0 bridgehead atoms. The van der Waals surface area contributed by atoms with Crippen molar-refractivity contribution in [3.05, 3.63) is 46.3 Å². The molecule has 0 radical (unpaired) electrons. The Balaban J connectivity index is 1.97. The topological polar surface area (TPSA) is 65.7 Å². The largest absolute Gasteiger partial charge is 0.469 e. The minimum absolute atomic E-state index is 0.0228. The number of aryl methyl sites for hydroxylation is 1. The van der Waals surface area contributed by atoms with Crippen molar-refractivity contribution in [1.29, 1.82) is 0 Å². The van der Waals surface area contributed by atoms with Crippen molar-refractivity contribution in [2.75, 3.05) is 6.26 Å². The van der Waals surface area contributed by atoms with Crippen molar-refractivity contribution in [2.24, 2.45) is 17.3 Å². The van der Waals surface area contributed by atoms with Crippen LogP contribution < -0.4 is 0 Å². The number of hydrogen-bond acceptors (Lipinski definition) is 6. The minimum Gasteiger partial charge on any atom is -0.469 e. The quantitative estimate of drug-likeness (QED) is 0.450. The summed E-state index contributed by atoms with van der Waals surface area (Å²) in [6.07, 6.45) is 8.73. The summed E-state index contributed by atoms with van der Waals surface area (Å²) in [5.41, 5.74) is 2.21. The van der Waals surface area contributed by atoms with Gasteiger partial charge in [0.15, 0.2) is 0 Å². The minimum atomic E-state index is -0.441. The normalized spacial score (nSPS) is 31.2. The smallest absolute Gasteiger partial charge is 0.333 e. The number of carbonyl (C=O) groups excluding carboxylic acids is 2. The van der Waals surface area contributed by atoms with Gasteiger partial charge in [-0.1, -0.05) is 19.9 Å². The molecule has 5 atom stereocenters. The van der Waals surface area contributed by atoms with Crippen molar-refractivity contribution in [1.82, 2.24) is 0 Å². The summed E-state index contributed by atoms with van der Waals surface area (Å²) >= 11 is 1.45. The molecule has 1 saturated carbocycles. The van der Waals surface area contributed by atoms with Crippen LogP contribution >= 0.6 is 11.8 Å². The molecule has 0 saturated heterocycles. The van der Waals surface area contributed by atoms with Crippen LogP contribution in [-0.2, 0) is 25.5 Å². The van der Waals surface area contributed by atoms with Crippen molar-refractivity contribution >= 4 is 23.7 Å². The molecule has 2 aliphatic carbocycles. The van der Waals surface area contributed by atoms with Gasteiger partial charge in [0, 0.05) is 35.0 Å². The molecular weight excluding hydrogens is 400 g/mol. The van der Waals surface area contributed by atoms with E-state index in [0.717, 1.165) is 36.1 Å². The Labute approximate surface area is 183 Å². The fraction of sp³-hybridized carbons (Fsp3) is 0.583. The number of fused-ring (bicyclic) bond motifs is 2. The zero-order valence-corrected chi connectivity index (χ0v) is 19.5. The molecule has 6 heteroatoms. The fourth-order valence-electron chi connectivity index (χ4n) is 5.00. The van der Waals surface area contributed by atoms with Crippen molar-refractivity contribution in [3.63, 3.8) is 0 Å². The van der Waals surface area contributed by atoms with E-state index in [9.17, 15) is 9.59 Å². The van der Waals surface area contributed by atoms with Crippen LogP contribution in [0.2, 0.25) is 0 Å². The molecule has 1 aromatic heterocycles. The first-order valence-corrected chi connectivity index (χ1v) is 11.8. The Hall–Kier alpha value is -1.95. The summed E-state index contributed by atoms with van der Waals surface area (Å²) in [5.74, 6) is 0.581. The Morgan fingerprint density at radius 3 is 2.70 bits per heavy atom. The fourth-order valence-corrected chi connectivity index (χ4v) is 5.25. The van der Waals surface area contributed by atoms with Gasteiger partial charge in [0.25, 0.3) is 0 Å². The Morgan fingerprint density at radius 1 is 1.30 bits per heavy atom. The van der Waals surface area contributed by atoms with Gasteiger partial charge in [-0.25, -0.2) is 9.59 Å². The molecule has 0 spiro atoms. The van der Waals surface area contributed by atoms with Crippen LogP contribution in [0.1, 0.15) is 63.5 Å². The first kappa shape index (κ1) is 22.7. The average molecular weight is 433 g/mol. The van der Waals surface area contributed by atoms with Gasteiger partial charge >= 0.3 is 11.9 Å². The number of ether oxygens (including phenoxy) is 2. The number of hydrogen-bond donors (Lipinski definition) is 0. The third kappa shape index (κ3) is 3.98. The van der Waals surface area contributed by atoms with E-state index in [1.54, 1.807) is 24.7 Å². The molecular formula is C24H32O5S. The highest BCUT2D eigenvalue weighted by Crippen LogP contribution is 2.60. The highest BCUT2D eigenvalue weighted by atomic mass is 32.2. The summed E-state index contributed by atoms with van der Waals surface area (Å²) in [6, 6.07) is 0. The van der Waals surface area contributed by atoms with Gasteiger partial charge in [0.2, 0.25) is 0 Å². The molecule has 3 rings (SSSR count). The van der Waals surface area contributed by atoms with E-state index in [4.69, 9.17) is 13.9 Å². The van der Waals surface area contributed by atoms with Gasteiger partial charge in [-0.05, 0) is 56.8 Å². The predicted octanol–water partition coefficient (Wildman–Crippen LogP) is 5.54. The first-order chi connectivity index (χ1) is 14.2. The van der Waals surface area contributed by atoms with Crippen LogP contribution in [0, 0.1) is 24.2 Å². The standard InChI is InChI=1S/C24H32O5S/c1-7-14(2)23(26)28-18-9-8-17-12-19-21(15(3)13-27-19)22(24(17,5)16(18)4)29-20(25)10-11-30-6/h7,10-11,13,16-18,22H,8-9,12H2,1-6H3/b11-10-,14-7-/t16-,17+,18-,22+,24+/m0/s1. The van der Waals surface area contributed by atoms with Crippen LogP contribution in [-0.4, -0.2) is 24.3 Å². The highest BCUT2D eigenvalue weighted by Gasteiger charge is 2.57. The lowest BCUT2D eigenvalue weighted by Gasteiger charge is -2.54. The van der Waals surface area contributed by atoms with Crippen LogP contribution in [0.5, 0.6) is 0 Å². The van der Waals surface area contributed by atoms with Gasteiger partial charge in [-0.3, -0.25) is 0 Å². The van der Waals surface area contributed by atoms with Crippen LogP contribution in [0.3, 0.4) is 0 Å². The third-order valence-electron chi connectivity index (χ3n) is 7.17. The number of carbonyl (C=O) groups is 2. The Morgan fingerprint density at radius 2 is 2.03 bits per heavy atom. The van der Waals surface area contributed by atoms with Crippen LogP contribution in [0.25, 0.3) is 0 Å². The van der Waals surface area contributed by atoms with E-state index < -0.39 is 6.10 Å². The van der Waals surface area contributed by atoms with E-state index in [1.807, 2.05) is 20.1 Å². The number of esters is 2. The summed E-state index contributed by atoms with van der Waals surface area (Å²) in [5, 5.41) is 1.73. The molecule has 1 heterocycles. The molecule has 5 nitrogen and oxygen atoms in total. The molecule has 0 N–H and O–H groups in total. The van der Waals surface area contributed by atoms with Gasteiger partial charge < -0.3 is 13.9 Å². The maximum absolute atomic E-state index is 12.6. The molecule has 0 unspecified atom stereocenters. The van der Waals surface area contributed by atoms with Gasteiger partial charge in [-0.2, -0.15) is 0 Å². The first-order valence-electron chi connectivity index (χ1n) is 10.5. The average Bonchev–Trinajstić information content (AvgIpc) is 3.09. The Kier molecular flexibility index (Phi) is 6.85. The summed E-state index contributed by atoms with van der Waals surface area (Å²) in [4.78, 5) is 25.0. The lowest BCUT2D eigenvalue weighted by molar-refractivity contribution is -0.183. The monoisotopic (exact) mass is 432 g/mol. The molecule has 2 aliphatic rings. The lowest BCUT2D eigenvalue weighted by Crippen LogP contribution is -2.53. The Bertz CT molecular complexity index is 867. The number of furan rings is 1. The van der Waals surface area contributed by atoms with Gasteiger partial charge in [0.05, 0.1) is 6.26 Å². The van der Waals surface area contributed by atoms with Crippen molar-refractivity contribution < 1.29 is 23.5 Å². The van der Waals surface area contributed by atoms with Crippen LogP contribution in [0.15, 0.2) is 33.8 Å². The third-order valence-corrected chi connectivity index (χ3v) is 7.58. The zero-order valence-electron chi connectivity index (χ0n) is 18.7. The highest BCUT2D eigenvalue weighted by molar-refractivity contribution is 8.01. The maximum atomic E-state index is 12.6. The second-order valence-electron chi connectivity index (χ2n) is 8.66. The molecule has 30 heavy (non-hydrogen) atoms. The number of rotatable bonds is 5. The van der Waals surface area contributed by atoms with Gasteiger partial charge in [-0.15, -0.1) is 11.8 Å². The lowest BCUT2D eigenvalue weighted by atomic mass is 9.53. The van der Waals surface area contributed by atoms with E-state index >= 15 is 0 Å². The summed E-state index contributed by atoms with van der Waals surface area (Å²) in [7, 11) is 0. The zero-order chi connectivity index (χ0) is 22.1. The van der Waals surface area contributed by atoms with Crippen LogP contribution in [0.4, 0.5) is 0 Å². The summed E-state index contributed by atoms with van der Waals surface area (Å²) in [6.45, 7) is 9.89. The second-order valence-corrected chi connectivity index (χ2v) is 9.40. The number of thioether (sulfide) groups is 1. The SMILES string of the molecule is C/C=C(/C)C(=O)O[C@H]1CC[C@@H]2Cc3occ(C)c3[C@@H](OC(=O)/C=C\SC)[C@]2(C)[C@H]1C. The maximum Gasteiger partial charge on any atom is 0.333 e. The summed E-state index contributed by atoms with van der Waals surface area (Å²) < 4.78 is 17.8. The predicted molar refractivity (Wildman–Crippen MR) is 118 cm³/mol. The van der Waals surface area contributed by atoms with Crippen molar-refractivity contribution in [2.45, 2.75) is 66.1 Å². The van der Waals surface area contributed by atoms with Crippen molar-refractivity contribution in [3.8, 4) is 0 Å². The van der Waals surface area contributed by atoms with E-state index in [2.05, 4.69) is 13.8 Å². The van der Waals surface area contributed by atoms with Gasteiger partial charge in [0.1, 0.15) is 18.0 Å². The molecule has 1 fully saturated rings. The van der Waals surface area contributed by atoms with E-state index in [-0.39, 0.29) is 35.3 Å². The molecule has 0 aromatic carbocycles. The number of allylic oxidation sites excluding steroid dienone is 1. The molecule has 164 valence electrons. The molecule has 0 aliphatic heterocycles. The molecule has 1 aromatic rings. The van der Waals surface area contributed by atoms with E-state index in [1.165, 1.54) is 17.8 Å².